The second-order valence-corrected chi connectivity index (χ2v) is 8.52. The Morgan fingerprint density at radius 1 is 1.14 bits per heavy atom. The number of nitrogens with zero attached hydrogens (tertiary/aromatic N) is 2. The molecule has 3 aromatic rings. The molecule has 1 saturated heterocycles. The number of aliphatic hydroxyl groups is 1. The lowest BCUT2D eigenvalue weighted by Crippen LogP contribution is -2.29. The lowest BCUT2D eigenvalue weighted by Gasteiger charge is -2.25. The van der Waals surface area contributed by atoms with E-state index in [2.05, 4.69) is 11.9 Å². The number of carbonyl (C=O) groups is 2. The molecule has 0 saturated carbocycles. The van der Waals surface area contributed by atoms with E-state index >= 15 is 0 Å². The van der Waals surface area contributed by atoms with Crippen molar-refractivity contribution in [3.63, 3.8) is 0 Å². The van der Waals surface area contributed by atoms with Crippen molar-refractivity contribution in [2.45, 2.75) is 39.3 Å². The molecule has 1 fully saturated rings. The number of benzene rings is 2. The second kappa shape index (κ2) is 10.5. The lowest BCUT2D eigenvalue weighted by molar-refractivity contribution is -0.140. The topological polar surface area (TPSA) is 79.7 Å². The van der Waals surface area contributed by atoms with Gasteiger partial charge in [-0.2, -0.15) is 0 Å². The normalized spacial score (nSPS) is 17.1. The van der Waals surface area contributed by atoms with E-state index < -0.39 is 29.3 Å². The van der Waals surface area contributed by atoms with Gasteiger partial charge in [0, 0.05) is 24.5 Å². The Hall–Kier alpha value is -4.00. The number of aromatic nitrogens is 1. The third kappa shape index (κ3) is 5.09. The van der Waals surface area contributed by atoms with Crippen LogP contribution in [0.5, 0.6) is 5.75 Å². The van der Waals surface area contributed by atoms with Gasteiger partial charge in [0.1, 0.15) is 17.3 Å². The number of amides is 1. The van der Waals surface area contributed by atoms with Crippen LogP contribution in [0.3, 0.4) is 0 Å². The van der Waals surface area contributed by atoms with Crippen molar-refractivity contribution in [1.82, 2.24) is 9.88 Å². The van der Waals surface area contributed by atoms with Gasteiger partial charge >= 0.3 is 0 Å². The average molecular weight is 475 g/mol. The Morgan fingerprint density at radius 3 is 2.57 bits per heavy atom. The molecule has 180 valence electrons. The number of carbonyl (C=O) groups excluding carboxylic acids is 2. The van der Waals surface area contributed by atoms with E-state index in [9.17, 15) is 19.1 Å². The van der Waals surface area contributed by atoms with Gasteiger partial charge in [-0.05, 0) is 54.3 Å². The minimum atomic E-state index is -0.857. The van der Waals surface area contributed by atoms with Crippen LogP contribution in [-0.4, -0.2) is 33.3 Å². The molecule has 1 amide bonds. The number of halogens is 1. The number of hydrogen-bond donors (Lipinski definition) is 1. The standard InChI is InChI=1S/C28H27FN2O4/c1-3-4-14-35-22-11-9-20(10-12-22)25-24(26(32)21-8-7-18(2)23(29)15-21)27(33)28(34)31(25)17-19-6-5-13-30-16-19/h5-13,15-16,25,32H,3-4,14,17H2,1-2H3/b26-24+. The summed E-state index contributed by atoms with van der Waals surface area (Å²) in [5, 5.41) is 11.1. The summed E-state index contributed by atoms with van der Waals surface area (Å²) in [5.41, 5.74) is 1.83. The van der Waals surface area contributed by atoms with E-state index in [1.54, 1.807) is 49.6 Å². The molecule has 0 spiro atoms. The van der Waals surface area contributed by atoms with Gasteiger partial charge < -0.3 is 14.7 Å². The molecular weight excluding hydrogens is 447 g/mol. The number of rotatable bonds is 8. The summed E-state index contributed by atoms with van der Waals surface area (Å²) >= 11 is 0. The summed E-state index contributed by atoms with van der Waals surface area (Å²) in [6, 6.07) is 14.0. The molecule has 1 aliphatic rings. The molecule has 6 nitrogen and oxygen atoms in total. The molecule has 7 heteroatoms. The van der Waals surface area contributed by atoms with Crippen molar-refractivity contribution in [1.29, 1.82) is 0 Å². The van der Waals surface area contributed by atoms with Crippen LogP contribution >= 0.6 is 0 Å². The summed E-state index contributed by atoms with van der Waals surface area (Å²) < 4.78 is 20.0. The van der Waals surface area contributed by atoms with Crippen LogP contribution in [0.1, 0.15) is 48.1 Å². The number of unbranched alkanes of at least 4 members (excludes halogenated alkanes) is 1. The first-order chi connectivity index (χ1) is 16.9. The van der Waals surface area contributed by atoms with Gasteiger partial charge in [-0.25, -0.2) is 4.39 Å². The number of aryl methyl sites for hydroxylation is 1. The smallest absolute Gasteiger partial charge is 0.295 e. The monoisotopic (exact) mass is 474 g/mol. The van der Waals surface area contributed by atoms with Crippen LogP contribution in [0, 0.1) is 12.7 Å². The molecule has 1 N–H and O–H groups in total. The third-order valence-electron chi connectivity index (χ3n) is 6.02. The summed E-state index contributed by atoms with van der Waals surface area (Å²) in [7, 11) is 0. The summed E-state index contributed by atoms with van der Waals surface area (Å²) in [6.07, 6.45) is 5.19. The molecule has 2 heterocycles. The summed E-state index contributed by atoms with van der Waals surface area (Å²) in [5.74, 6) is -1.81. The Labute approximate surface area is 203 Å². The van der Waals surface area contributed by atoms with Crippen molar-refractivity contribution in [3.05, 3.63) is 101 Å². The van der Waals surface area contributed by atoms with Crippen LogP contribution < -0.4 is 4.74 Å². The van der Waals surface area contributed by atoms with Crippen molar-refractivity contribution < 1.29 is 23.8 Å². The van der Waals surface area contributed by atoms with Gasteiger partial charge in [0.2, 0.25) is 0 Å². The van der Waals surface area contributed by atoms with Crippen LogP contribution in [0.2, 0.25) is 0 Å². The minimum Gasteiger partial charge on any atom is -0.507 e. The summed E-state index contributed by atoms with van der Waals surface area (Å²) in [4.78, 5) is 31.8. The largest absolute Gasteiger partial charge is 0.507 e. The lowest BCUT2D eigenvalue weighted by atomic mass is 9.94. The molecule has 4 rings (SSSR count). The van der Waals surface area contributed by atoms with Crippen LogP contribution in [0.4, 0.5) is 4.39 Å². The zero-order valence-corrected chi connectivity index (χ0v) is 19.7. The maximum atomic E-state index is 14.2. The van der Waals surface area contributed by atoms with Crippen LogP contribution in [-0.2, 0) is 16.1 Å². The maximum Gasteiger partial charge on any atom is 0.295 e. The predicted octanol–water partition coefficient (Wildman–Crippen LogP) is 5.33. The number of aliphatic hydroxyl groups excluding tert-OH is 1. The van der Waals surface area contributed by atoms with E-state index in [1.165, 1.54) is 23.1 Å². The van der Waals surface area contributed by atoms with E-state index in [-0.39, 0.29) is 17.7 Å². The first-order valence-electron chi connectivity index (χ1n) is 11.6. The molecule has 2 aromatic carbocycles. The summed E-state index contributed by atoms with van der Waals surface area (Å²) in [6.45, 7) is 4.40. The fourth-order valence-corrected chi connectivity index (χ4v) is 4.05. The van der Waals surface area contributed by atoms with Gasteiger partial charge in [0.25, 0.3) is 11.7 Å². The quantitative estimate of drug-likeness (QED) is 0.207. The molecule has 35 heavy (non-hydrogen) atoms. The van der Waals surface area contributed by atoms with E-state index in [4.69, 9.17) is 4.74 Å². The number of ketones is 1. The highest BCUT2D eigenvalue weighted by Crippen LogP contribution is 2.40. The van der Waals surface area contributed by atoms with E-state index in [0.717, 1.165) is 18.4 Å². The Balaban J connectivity index is 1.78. The first kappa shape index (κ1) is 24.1. The third-order valence-corrected chi connectivity index (χ3v) is 6.02. The number of ether oxygens (including phenoxy) is 1. The van der Waals surface area contributed by atoms with Crippen molar-refractivity contribution in [2.24, 2.45) is 0 Å². The number of Topliss-reactive ketones (excluding diaryl/α,β-unsaturated/α-hetero) is 1. The number of hydrogen-bond acceptors (Lipinski definition) is 5. The van der Waals surface area contributed by atoms with Gasteiger partial charge in [0.15, 0.2) is 0 Å². The van der Waals surface area contributed by atoms with Crippen LogP contribution in [0.15, 0.2) is 72.6 Å². The first-order valence-corrected chi connectivity index (χ1v) is 11.6. The van der Waals surface area contributed by atoms with Crippen molar-refractivity contribution in [2.75, 3.05) is 6.61 Å². The Kier molecular flexibility index (Phi) is 7.25. The fourth-order valence-electron chi connectivity index (χ4n) is 4.05. The molecule has 0 radical (unpaired) electrons. The van der Waals surface area contributed by atoms with E-state index in [0.29, 0.717) is 23.5 Å². The number of likely N-dealkylation sites (tertiary alicyclic amines) is 1. The molecule has 1 unspecified atom stereocenters. The zero-order valence-electron chi connectivity index (χ0n) is 19.7. The highest BCUT2D eigenvalue weighted by Gasteiger charge is 2.46. The highest BCUT2D eigenvalue weighted by molar-refractivity contribution is 6.46. The van der Waals surface area contributed by atoms with Gasteiger partial charge in [-0.15, -0.1) is 0 Å². The van der Waals surface area contributed by atoms with Gasteiger partial charge in [-0.1, -0.05) is 43.7 Å². The Bertz CT molecular complexity index is 1260. The van der Waals surface area contributed by atoms with Gasteiger partial charge in [-0.3, -0.25) is 14.6 Å². The minimum absolute atomic E-state index is 0.0817. The van der Waals surface area contributed by atoms with E-state index in [1.807, 2.05) is 6.07 Å². The molecule has 0 aliphatic carbocycles. The Morgan fingerprint density at radius 2 is 1.91 bits per heavy atom. The second-order valence-electron chi connectivity index (χ2n) is 8.52. The molecule has 1 aromatic heterocycles. The zero-order chi connectivity index (χ0) is 24.9. The average Bonchev–Trinajstić information content (AvgIpc) is 3.11. The molecular formula is C28H27FN2O4. The molecule has 1 aliphatic heterocycles. The highest BCUT2D eigenvalue weighted by atomic mass is 19.1. The van der Waals surface area contributed by atoms with Crippen molar-refractivity contribution >= 4 is 17.4 Å². The molecule has 0 bridgehead atoms. The number of pyridine rings is 1. The fraction of sp³-hybridized carbons (Fsp3) is 0.250. The molecule has 1 atom stereocenters. The van der Waals surface area contributed by atoms with Crippen molar-refractivity contribution in [3.8, 4) is 5.75 Å². The van der Waals surface area contributed by atoms with Gasteiger partial charge in [0.05, 0.1) is 18.2 Å². The predicted molar refractivity (Wildman–Crippen MR) is 130 cm³/mol. The SMILES string of the molecule is CCCCOc1ccc(C2/C(=C(\O)c3ccc(C)c(F)c3)C(=O)C(=O)N2Cc2cccnc2)cc1. The van der Waals surface area contributed by atoms with Crippen LogP contribution in [0.25, 0.3) is 5.76 Å². The maximum absolute atomic E-state index is 14.2.